The van der Waals surface area contributed by atoms with E-state index in [1.807, 2.05) is 0 Å². The Bertz CT molecular complexity index is 517. The van der Waals surface area contributed by atoms with Crippen molar-refractivity contribution in [1.29, 1.82) is 0 Å². The molecule has 3 rings (SSSR count). The molecule has 2 saturated carbocycles. The van der Waals surface area contributed by atoms with Gasteiger partial charge in [-0.3, -0.25) is 4.79 Å². The van der Waals surface area contributed by atoms with Gasteiger partial charge >= 0.3 is 0 Å². The van der Waals surface area contributed by atoms with E-state index in [-0.39, 0.29) is 11.6 Å². The largest absolute Gasteiger partial charge is 0.382 e. The minimum atomic E-state index is -0.393. The number of rotatable bonds is 3. The Morgan fingerprint density at radius 3 is 2.90 bits per heavy atom. The summed E-state index contributed by atoms with van der Waals surface area (Å²) in [7, 11) is 0. The van der Waals surface area contributed by atoms with E-state index in [2.05, 4.69) is 10.6 Å². The number of halogens is 1. The van der Waals surface area contributed by atoms with Crippen LogP contribution in [-0.4, -0.2) is 11.9 Å². The highest BCUT2D eigenvalue weighted by atomic mass is 19.1. The second-order valence-electron chi connectivity index (χ2n) is 6.06. The zero-order chi connectivity index (χ0) is 14.1. The van der Waals surface area contributed by atoms with E-state index in [4.69, 9.17) is 0 Å². The first-order valence-electron chi connectivity index (χ1n) is 7.47. The molecule has 0 spiro atoms. The van der Waals surface area contributed by atoms with Gasteiger partial charge in [-0.2, -0.15) is 0 Å². The van der Waals surface area contributed by atoms with E-state index in [9.17, 15) is 9.18 Å². The van der Waals surface area contributed by atoms with Crippen molar-refractivity contribution in [3.8, 4) is 0 Å². The van der Waals surface area contributed by atoms with E-state index in [1.165, 1.54) is 45.1 Å². The van der Waals surface area contributed by atoms with Crippen molar-refractivity contribution in [1.82, 2.24) is 0 Å². The summed E-state index contributed by atoms with van der Waals surface area (Å²) in [5.41, 5.74) is 1.15. The van der Waals surface area contributed by atoms with E-state index in [0.29, 0.717) is 6.04 Å². The third-order valence-corrected chi connectivity index (χ3v) is 4.71. The molecule has 20 heavy (non-hydrogen) atoms. The van der Waals surface area contributed by atoms with E-state index < -0.39 is 5.82 Å². The van der Waals surface area contributed by atoms with Crippen LogP contribution in [0, 0.1) is 17.7 Å². The van der Waals surface area contributed by atoms with Crippen LogP contribution in [0.5, 0.6) is 0 Å². The summed E-state index contributed by atoms with van der Waals surface area (Å²) in [6.45, 7) is 1.39. The Morgan fingerprint density at radius 1 is 1.25 bits per heavy atom. The van der Waals surface area contributed by atoms with Gasteiger partial charge in [-0.25, -0.2) is 4.39 Å². The van der Waals surface area contributed by atoms with Crippen LogP contribution in [0.3, 0.4) is 0 Å². The average Bonchev–Trinajstić information content (AvgIpc) is 2.98. The molecule has 1 aromatic rings. The first-order chi connectivity index (χ1) is 9.63. The monoisotopic (exact) mass is 276 g/mol. The molecule has 2 aliphatic rings. The second-order valence-corrected chi connectivity index (χ2v) is 6.06. The summed E-state index contributed by atoms with van der Waals surface area (Å²) in [6.07, 6.45) is 6.52. The van der Waals surface area contributed by atoms with Gasteiger partial charge in [0, 0.05) is 18.7 Å². The molecule has 2 aliphatic carbocycles. The van der Waals surface area contributed by atoms with Gasteiger partial charge in [-0.15, -0.1) is 0 Å². The van der Waals surface area contributed by atoms with Gasteiger partial charge in [-0.1, -0.05) is 12.8 Å². The fourth-order valence-corrected chi connectivity index (χ4v) is 3.86. The van der Waals surface area contributed by atoms with Crippen LogP contribution in [0.2, 0.25) is 0 Å². The molecule has 0 aromatic heterocycles. The first kappa shape index (κ1) is 13.4. The lowest BCUT2D eigenvalue weighted by atomic mass is 9.97. The zero-order valence-electron chi connectivity index (χ0n) is 11.8. The fourth-order valence-electron chi connectivity index (χ4n) is 3.86. The van der Waals surface area contributed by atoms with Crippen molar-refractivity contribution in [3.05, 3.63) is 24.0 Å². The molecule has 3 nitrogen and oxygen atoms in total. The number of hydrogen-bond donors (Lipinski definition) is 2. The molecule has 1 unspecified atom stereocenters. The number of benzene rings is 1. The van der Waals surface area contributed by atoms with Gasteiger partial charge in [0.25, 0.3) is 0 Å². The minimum absolute atomic E-state index is 0.252. The number of amides is 1. The lowest BCUT2D eigenvalue weighted by molar-refractivity contribution is -0.114. The number of fused-ring (bicyclic) bond motifs is 1. The van der Waals surface area contributed by atoms with Crippen LogP contribution in [0.4, 0.5) is 15.8 Å². The summed E-state index contributed by atoms with van der Waals surface area (Å²) in [5.74, 6) is 1.00. The molecule has 4 heteroatoms. The van der Waals surface area contributed by atoms with Crippen molar-refractivity contribution in [2.24, 2.45) is 11.8 Å². The number of hydrogen-bond acceptors (Lipinski definition) is 2. The van der Waals surface area contributed by atoms with E-state index in [1.54, 1.807) is 12.1 Å². The van der Waals surface area contributed by atoms with Gasteiger partial charge in [0.1, 0.15) is 5.82 Å². The molecule has 2 fully saturated rings. The molecule has 3 atom stereocenters. The lowest BCUT2D eigenvalue weighted by Crippen LogP contribution is -2.24. The zero-order valence-corrected chi connectivity index (χ0v) is 11.8. The van der Waals surface area contributed by atoms with Crippen molar-refractivity contribution in [2.75, 3.05) is 10.6 Å². The molecule has 0 saturated heterocycles. The van der Waals surface area contributed by atoms with Gasteiger partial charge < -0.3 is 10.6 Å². The fraction of sp³-hybridized carbons (Fsp3) is 0.562. The molecule has 2 N–H and O–H groups in total. The molecule has 1 aromatic carbocycles. The lowest BCUT2D eigenvalue weighted by Gasteiger charge is -2.21. The predicted octanol–water partition coefficient (Wildman–Crippen LogP) is 3.77. The normalized spacial score (nSPS) is 28.2. The van der Waals surface area contributed by atoms with Crippen LogP contribution in [0.1, 0.15) is 39.0 Å². The van der Waals surface area contributed by atoms with Gasteiger partial charge in [0.15, 0.2) is 0 Å². The Morgan fingerprint density at radius 2 is 2.10 bits per heavy atom. The summed E-state index contributed by atoms with van der Waals surface area (Å²) in [5, 5.41) is 6.07. The molecule has 1 amide bonds. The highest BCUT2D eigenvalue weighted by molar-refractivity contribution is 5.89. The highest BCUT2D eigenvalue weighted by Crippen LogP contribution is 2.45. The molecule has 0 bridgehead atoms. The molecule has 0 heterocycles. The standard InChI is InChI=1S/C16H21FN2O/c1-10(20)18-16-9-12(6-7-14(16)17)19-15-8-5-11-3-2-4-13(11)15/h6-7,9,11,13,15,19H,2-5,8H2,1H3,(H,18,20)/t11-,13-,15?/m0/s1. The first-order valence-corrected chi connectivity index (χ1v) is 7.47. The van der Waals surface area contributed by atoms with Gasteiger partial charge in [0.2, 0.25) is 5.91 Å². The molecule has 108 valence electrons. The maximum atomic E-state index is 13.6. The maximum Gasteiger partial charge on any atom is 0.221 e. The van der Waals surface area contributed by atoms with Crippen LogP contribution < -0.4 is 10.6 Å². The van der Waals surface area contributed by atoms with E-state index in [0.717, 1.165) is 17.5 Å². The SMILES string of the molecule is CC(=O)Nc1cc(NC2CC[C@@H]3CCC[C@H]23)ccc1F. The average molecular weight is 276 g/mol. The summed E-state index contributed by atoms with van der Waals surface area (Å²) >= 11 is 0. The second kappa shape index (κ2) is 5.43. The Kier molecular flexibility index (Phi) is 3.64. The molecule has 0 aliphatic heterocycles. The van der Waals surface area contributed by atoms with E-state index >= 15 is 0 Å². The number of carbonyl (C=O) groups excluding carboxylic acids is 1. The summed E-state index contributed by atoms with van der Waals surface area (Å²) in [4.78, 5) is 11.1. The predicted molar refractivity (Wildman–Crippen MR) is 78.2 cm³/mol. The van der Waals surface area contributed by atoms with Crippen LogP contribution >= 0.6 is 0 Å². The maximum absolute atomic E-state index is 13.6. The van der Waals surface area contributed by atoms with Crippen LogP contribution in [-0.2, 0) is 4.79 Å². The molecular weight excluding hydrogens is 255 g/mol. The summed E-state index contributed by atoms with van der Waals surface area (Å²) in [6, 6.07) is 5.36. The Balaban J connectivity index is 1.72. The Hall–Kier alpha value is -1.58. The topological polar surface area (TPSA) is 41.1 Å². The highest BCUT2D eigenvalue weighted by Gasteiger charge is 2.38. The van der Waals surface area contributed by atoms with Crippen LogP contribution in [0.25, 0.3) is 0 Å². The quantitative estimate of drug-likeness (QED) is 0.882. The summed E-state index contributed by atoms with van der Waals surface area (Å²) < 4.78 is 13.6. The third kappa shape index (κ3) is 2.65. The van der Waals surface area contributed by atoms with Crippen molar-refractivity contribution < 1.29 is 9.18 Å². The van der Waals surface area contributed by atoms with Crippen LogP contribution in [0.15, 0.2) is 18.2 Å². The molecule has 0 radical (unpaired) electrons. The number of anilines is 2. The minimum Gasteiger partial charge on any atom is -0.382 e. The molecular formula is C16H21FN2O. The van der Waals surface area contributed by atoms with Crippen molar-refractivity contribution in [3.63, 3.8) is 0 Å². The van der Waals surface area contributed by atoms with Gasteiger partial charge in [0.05, 0.1) is 5.69 Å². The van der Waals surface area contributed by atoms with Gasteiger partial charge in [-0.05, 0) is 49.3 Å². The third-order valence-electron chi connectivity index (χ3n) is 4.71. The Labute approximate surface area is 118 Å². The van der Waals surface area contributed by atoms with Crippen molar-refractivity contribution in [2.45, 2.75) is 45.1 Å². The number of carbonyl (C=O) groups is 1. The van der Waals surface area contributed by atoms with Crippen molar-refractivity contribution >= 4 is 17.3 Å². The number of nitrogens with one attached hydrogen (secondary N) is 2. The smallest absolute Gasteiger partial charge is 0.221 e.